The minimum Gasteiger partial charge on any atom is -0.314 e. The largest absolute Gasteiger partial charge is 0.314 e. The lowest BCUT2D eigenvalue weighted by Gasteiger charge is -2.21. The number of carbonyl (C=O) groups excluding carboxylic acids is 3. The molecular weight excluding hydrogens is 304 g/mol. The van der Waals surface area contributed by atoms with Crippen LogP contribution in [0.15, 0.2) is 54.6 Å². The highest BCUT2D eigenvalue weighted by Gasteiger charge is 2.62. The van der Waals surface area contributed by atoms with Crippen LogP contribution in [0, 0.1) is 0 Å². The fraction of sp³-hybridized carbons (Fsp3) is 0.211. The summed E-state index contributed by atoms with van der Waals surface area (Å²) in [6.07, 6.45) is -0.0984. The van der Waals surface area contributed by atoms with Crippen LogP contribution in [-0.2, 0) is 26.3 Å². The van der Waals surface area contributed by atoms with E-state index in [1.54, 1.807) is 25.2 Å². The lowest BCUT2D eigenvalue weighted by Crippen LogP contribution is -2.45. The molecule has 2 heterocycles. The van der Waals surface area contributed by atoms with E-state index in [9.17, 15) is 14.4 Å². The van der Waals surface area contributed by atoms with Gasteiger partial charge >= 0.3 is 0 Å². The van der Waals surface area contributed by atoms with Gasteiger partial charge in [0.15, 0.2) is 5.41 Å². The standard InChI is InChI=1S/C19H16N2O3/c1-20-15-10-6-5-9-14(15)19(17(20)23)11-16(22)21(18(19)24)12-13-7-3-2-4-8-13/h2-10H,11-12H2,1H3/t19-/m1/s1. The van der Waals surface area contributed by atoms with Crippen LogP contribution in [0.25, 0.3) is 0 Å². The van der Waals surface area contributed by atoms with Crippen LogP contribution in [0.4, 0.5) is 5.69 Å². The number of anilines is 1. The van der Waals surface area contributed by atoms with Gasteiger partial charge < -0.3 is 4.90 Å². The van der Waals surface area contributed by atoms with Crippen LogP contribution in [0.3, 0.4) is 0 Å². The zero-order chi connectivity index (χ0) is 16.9. The average Bonchev–Trinajstić information content (AvgIpc) is 2.98. The molecular formula is C19H16N2O3. The average molecular weight is 320 g/mol. The van der Waals surface area contributed by atoms with E-state index < -0.39 is 11.3 Å². The van der Waals surface area contributed by atoms with E-state index in [0.717, 1.165) is 5.56 Å². The maximum atomic E-state index is 13.1. The first-order valence-electron chi connectivity index (χ1n) is 7.82. The van der Waals surface area contributed by atoms with E-state index in [2.05, 4.69) is 0 Å². The van der Waals surface area contributed by atoms with Crippen molar-refractivity contribution in [3.63, 3.8) is 0 Å². The molecule has 1 saturated heterocycles. The topological polar surface area (TPSA) is 57.7 Å². The van der Waals surface area contributed by atoms with E-state index in [1.807, 2.05) is 36.4 Å². The normalized spacial score (nSPS) is 22.6. The summed E-state index contributed by atoms with van der Waals surface area (Å²) in [5.41, 5.74) is 0.803. The van der Waals surface area contributed by atoms with Crippen LogP contribution in [-0.4, -0.2) is 29.7 Å². The summed E-state index contributed by atoms with van der Waals surface area (Å²) >= 11 is 0. The predicted molar refractivity (Wildman–Crippen MR) is 88.1 cm³/mol. The van der Waals surface area contributed by atoms with Gasteiger partial charge in [-0.1, -0.05) is 48.5 Å². The molecule has 5 heteroatoms. The van der Waals surface area contributed by atoms with Gasteiger partial charge in [-0.3, -0.25) is 19.3 Å². The third kappa shape index (κ3) is 1.78. The van der Waals surface area contributed by atoms with Crippen molar-refractivity contribution in [3.05, 3.63) is 65.7 Å². The highest BCUT2D eigenvalue weighted by atomic mass is 16.2. The van der Waals surface area contributed by atoms with E-state index in [0.29, 0.717) is 11.3 Å². The third-order valence-electron chi connectivity index (χ3n) is 4.91. The van der Waals surface area contributed by atoms with Gasteiger partial charge in [0.05, 0.1) is 13.0 Å². The predicted octanol–water partition coefficient (Wildman–Crippen LogP) is 1.86. The molecule has 2 aromatic rings. The number of imide groups is 1. The second-order valence-corrected chi connectivity index (χ2v) is 6.23. The van der Waals surface area contributed by atoms with Gasteiger partial charge in [0.25, 0.3) is 0 Å². The Morgan fingerprint density at radius 3 is 2.33 bits per heavy atom. The van der Waals surface area contributed by atoms with E-state index in [-0.39, 0.29) is 24.8 Å². The van der Waals surface area contributed by atoms with Gasteiger partial charge in [-0.2, -0.15) is 0 Å². The highest BCUT2D eigenvalue weighted by Crippen LogP contribution is 2.48. The summed E-state index contributed by atoms with van der Waals surface area (Å²) < 4.78 is 0. The van der Waals surface area contributed by atoms with Crippen molar-refractivity contribution in [2.45, 2.75) is 18.4 Å². The van der Waals surface area contributed by atoms with Gasteiger partial charge in [-0.05, 0) is 11.6 Å². The van der Waals surface area contributed by atoms with Crippen molar-refractivity contribution < 1.29 is 14.4 Å². The van der Waals surface area contributed by atoms with Crippen LogP contribution in [0.1, 0.15) is 17.5 Å². The van der Waals surface area contributed by atoms with Crippen LogP contribution in [0.5, 0.6) is 0 Å². The van der Waals surface area contributed by atoms with Crippen LogP contribution < -0.4 is 4.90 Å². The second-order valence-electron chi connectivity index (χ2n) is 6.23. The van der Waals surface area contributed by atoms with Crippen molar-refractivity contribution in [2.75, 3.05) is 11.9 Å². The Kier molecular flexibility index (Phi) is 3.06. The number of benzene rings is 2. The molecule has 2 aliphatic rings. The van der Waals surface area contributed by atoms with Crippen molar-refractivity contribution in [1.82, 2.24) is 4.90 Å². The Hall–Kier alpha value is -2.95. The molecule has 0 bridgehead atoms. The summed E-state index contributed by atoms with van der Waals surface area (Å²) in [6, 6.07) is 16.5. The number of hydrogen-bond acceptors (Lipinski definition) is 3. The molecule has 0 aromatic heterocycles. The molecule has 3 amide bonds. The molecule has 0 aliphatic carbocycles. The number of rotatable bonds is 2. The molecule has 2 aromatic carbocycles. The Bertz CT molecular complexity index is 862. The highest BCUT2D eigenvalue weighted by molar-refractivity contribution is 6.28. The Labute approximate surface area is 139 Å². The quantitative estimate of drug-likeness (QED) is 0.627. The summed E-state index contributed by atoms with van der Waals surface area (Å²) in [4.78, 5) is 41.2. The molecule has 0 unspecified atom stereocenters. The fourth-order valence-electron chi connectivity index (χ4n) is 3.68. The summed E-state index contributed by atoms with van der Waals surface area (Å²) in [5.74, 6) is -1.04. The third-order valence-corrected chi connectivity index (χ3v) is 4.91. The van der Waals surface area contributed by atoms with Crippen LogP contribution >= 0.6 is 0 Å². The van der Waals surface area contributed by atoms with Gasteiger partial charge in [-0.15, -0.1) is 0 Å². The van der Waals surface area contributed by atoms with Gasteiger partial charge in [-0.25, -0.2) is 0 Å². The molecule has 1 atom stereocenters. The number of likely N-dealkylation sites (N-methyl/N-ethyl adjacent to an activating group) is 1. The molecule has 0 N–H and O–H groups in total. The lowest BCUT2D eigenvalue weighted by atomic mass is 9.80. The fourth-order valence-corrected chi connectivity index (χ4v) is 3.68. The Morgan fingerprint density at radius 2 is 1.58 bits per heavy atom. The molecule has 2 aliphatic heterocycles. The Balaban J connectivity index is 1.77. The molecule has 0 saturated carbocycles. The molecule has 0 radical (unpaired) electrons. The van der Waals surface area contributed by atoms with Crippen molar-refractivity contribution in [3.8, 4) is 0 Å². The molecule has 24 heavy (non-hydrogen) atoms. The second kappa shape index (κ2) is 5.03. The SMILES string of the molecule is CN1C(=O)[C@@]2(CC(=O)N(Cc3ccccc3)C2=O)c2ccccc21. The molecule has 5 nitrogen and oxygen atoms in total. The summed E-state index contributed by atoms with van der Waals surface area (Å²) in [6.45, 7) is 0.194. The van der Waals surface area contributed by atoms with Crippen molar-refractivity contribution in [1.29, 1.82) is 0 Å². The number of likely N-dealkylation sites (tertiary alicyclic amines) is 1. The monoisotopic (exact) mass is 320 g/mol. The Morgan fingerprint density at radius 1 is 0.917 bits per heavy atom. The van der Waals surface area contributed by atoms with Gasteiger partial charge in [0.1, 0.15) is 0 Å². The van der Waals surface area contributed by atoms with Gasteiger partial charge in [0.2, 0.25) is 17.7 Å². The molecule has 1 fully saturated rings. The first-order chi connectivity index (χ1) is 11.6. The zero-order valence-corrected chi connectivity index (χ0v) is 13.2. The van der Waals surface area contributed by atoms with Gasteiger partial charge in [0, 0.05) is 18.3 Å². The van der Waals surface area contributed by atoms with Crippen molar-refractivity contribution in [2.24, 2.45) is 0 Å². The first kappa shape index (κ1) is 14.6. The van der Waals surface area contributed by atoms with Crippen molar-refractivity contribution >= 4 is 23.4 Å². The molecule has 1 spiro atoms. The maximum Gasteiger partial charge on any atom is 0.250 e. The maximum absolute atomic E-state index is 13.1. The zero-order valence-electron chi connectivity index (χ0n) is 13.2. The van der Waals surface area contributed by atoms with E-state index >= 15 is 0 Å². The molecule has 4 rings (SSSR count). The smallest absolute Gasteiger partial charge is 0.250 e. The number of hydrogen-bond donors (Lipinski definition) is 0. The number of fused-ring (bicyclic) bond motifs is 2. The molecule has 120 valence electrons. The van der Waals surface area contributed by atoms with E-state index in [4.69, 9.17) is 0 Å². The summed E-state index contributed by atoms with van der Waals surface area (Å²) in [5, 5.41) is 0. The number of para-hydroxylation sites is 1. The van der Waals surface area contributed by atoms with E-state index in [1.165, 1.54) is 9.80 Å². The number of amides is 3. The minimum atomic E-state index is -1.39. The summed E-state index contributed by atoms with van der Waals surface area (Å²) in [7, 11) is 1.65. The number of nitrogens with zero attached hydrogens (tertiary/aromatic N) is 2. The number of carbonyl (C=O) groups is 3. The lowest BCUT2D eigenvalue weighted by molar-refractivity contribution is -0.142. The van der Waals surface area contributed by atoms with Crippen LogP contribution in [0.2, 0.25) is 0 Å². The first-order valence-corrected chi connectivity index (χ1v) is 7.82. The minimum absolute atomic E-state index is 0.0984.